The molecule has 0 fully saturated rings. The first kappa shape index (κ1) is 8.94. The average molecular weight is 156 g/mol. The minimum Gasteiger partial charge on any atom is -0.294 e. The summed E-state index contributed by atoms with van der Waals surface area (Å²) in [6, 6.07) is 0. The molecule has 0 aliphatic carbocycles. The van der Waals surface area contributed by atoms with Crippen LogP contribution in [0, 0.1) is 0 Å². The summed E-state index contributed by atoms with van der Waals surface area (Å²) in [5, 5.41) is 0. The quantitative estimate of drug-likeness (QED) is 0.272. The van der Waals surface area contributed by atoms with Crippen molar-refractivity contribution in [2.45, 2.75) is 6.92 Å². The monoisotopic (exact) mass is 156 g/mol. The molecule has 0 unspecified atom stereocenters. The summed E-state index contributed by atoms with van der Waals surface area (Å²) in [7, 11) is 0. The highest BCUT2D eigenvalue weighted by atomic mass is 32.2. The molecule has 0 heterocycles. The van der Waals surface area contributed by atoms with Gasteiger partial charge in [-0.05, 0) is 17.0 Å². The van der Waals surface area contributed by atoms with Crippen LogP contribution in [0.15, 0.2) is 29.6 Å². The molecule has 5 heteroatoms. The van der Waals surface area contributed by atoms with Crippen molar-refractivity contribution >= 4 is 12.1 Å². The number of nitrogens with zero attached hydrogens (tertiary/aromatic N) is 4. The van der Waals surface area contributed by atoms with Gasteiger partial charge < -0.3 is 0 Å². The van der Waals surface area contributed by atoms with Gasteiger partial charge in [0.2, 0.25) is 0 Å². The van der Waals surface area contributed by atoms with Gasteiger partial charge in [0, 0.05) is 17.3 Å². The topological polar surface area (TPSA) is 52.0 Å². The van der Waals surface area contributed by atoms with E-state index in [0.29, 0.717) is 0 Å². The number of hydrogen-bond acceptors (Lipinski definition) is 3. The SMILES string of the molecule is C=CN(/C=C\C)SN=[N+]=[N-]. The molecule has 0 aliphatic rings. The predicted molar refractivity (Wildman–Crippen MR) is 43.6 cm³/mol. The van der Waals surface area contributed by atoms with E-state index in [2.05, 4.69) is 16.0 Å². The summed E-state index contributed by atoms with van der Waals surface area (Å²) < 4.78 is 4.86. The van der Waals surface area contributed by atoms with E-state index in [4.69, 9.17) is 5.53 Å². The van der Waals surface area contributed by atoms with Crippen LogP contribution in [-0.2, 0) is 0 Å². The van der Waals surface area contributed by atoms with Gasteiger partial charge in [0.1, 0.15) is 0 Å². The Morgan fingerprint density at radius 1 is 1.80 bits per heavy atom. The third-order valence-electron chi connectivity index (χ3n) is 0.643. The van der Waals surface area contributed by atoms with E-state index in [1.54, 1.807) is 16.7 Å². The molecule has 0 radical (unpaired) electrons. The van der Waals surface area contributed by atoms with E-state index in [0.717, 1.165) is 12.1 Å². The summed E-state index contributed by atoms with van der Waals surface area (Å²) >= 11 is 0.983. The zero-order valence-electron chi connectivity index (χ0n) is 5.64. The van der Waals surface area contributed by atoms with Crippen molar-refractivity contribution in [3.05, 3.63) is 35.5 Å². The van der Waals surface area contributed by atoms with E-state index in [-0.39, 0.29) is 0 Å². The van der Waals surface area contributed by atoms with Crippen LogP contribution in [-0.4, -0.2) is 4.31 Å². The Balaban J connectivity index is 3.82. The van der Waals surface area contributed by atoms with E-state index < -0.39 is 0 Å². The standard InChI is InChI=1S/C5H8N4S/c1-3-5-9(4-2)10-8-7-6/h3-5H,2H2,1H3/b5-3-. The van der Waals surface area contributed by atoms with Crippen LogP contribution in [0.1, 0.15) is 6.92 Å². The molecule has 0 aliphatic heterocycles. The first-order valence-electron chi connectivity index (χ1n) is 2.60. The lowest BCUT2D eigenvalue weighted by Crippen LogP contribution is -1.92. The van der Waals surface area contributed by atoms with Gasteiger partial charge in [-0.2, -0.15) is 0 Å². The maximum absolute atomic E-state index is 7.93. The van der Waals surface area contributed by atoms with Gasteiger partial charge in [-0.1, -0.05) is 12.7 Å². The molecule has 0 rings (SSSR count). The Bertz CT molecular complexity index is 170. The minimum absolute atomic E-state index is 0.983. The maximum atomic E-state index is 7.93. The summed E-state index contributed by atoms with van der Waals surface area (Å²) in [4.78, 5) is 2.57. The lowest BCUT2D eigenvalue weighted by molar-refractivity contribution is 0.854. The third-order valence-corrected chi connectivity index (χ3v) is 1.25. The van der Waals surface area contributed by atoms with Gasteiger partial charge in [0.15, 0.2) is 0 Å². The Hall–Kier alpha value is -1.06. The van der Waals surface area contributed by atoms with Gasteiger partial charge in [-0.25, -0.2) is 0 Å². The molecule has 0 aromatic heterocycles. The van der Waals surface area contributed by atoms with Crippen molar-refractivity contribution in [1.29, 1.82) is 0 Å². The molecule has 0 N–H and O–H groups in total. The van der Waals surface area contributed by atoms with E-state index in [9.17, 15) is 0 Å². The first-order chi connectivity index (χ1) is 4.85. The molecule has 0 saturated heterocycles. The molecule has 0 amide bonds. The van der Waals surface area contributed by atoms with Crippen LogP contribution in [0.2, 0.25) is 0 Å². The number of rotatable bonds is 4. The van der Waals surface area contributed by atoms with Crippen LogP contribution in [0.25, 0.3) is 10.4 Å². The van der Waals surface area contributed by atoms with Gasteiger partial charge >= 0.3 is 0 Å². The summed E-state index contributed by atoms with van der Waals surface area (Å²) in [6.45, 7) is 5.37. The fraction of sp³-hybridized carbons (Fsp3) is 0.200. The number of azide groups is 1. The fourth-order valence-corrected chi connectivity index (χ4v) is 0.687. The number of allylic oxidation sites excluding steroid dienone is 1. The molecule has 10 heavy (non-hydrogen) atoms. The lowest BCUT2D eigenvalue weighted by atomic mass is 10.7. The zero-order valence-corrected chi connectivity index (χ0v) is 6.45. The highest BCUT2D eigenvalue weighted by Gasteiger charge is 1.87. The highest BCUT2D eigenvalue weighted by molar-refractivity contribution is 7.95. The zero-order chi connectivity index (χ0) is 7.82. The van der Waals surface area contributed by atoms with E-state index in [1.807, 2.05) is 13.0 Å². The molecule has 0 aromatic rings. The minimum atomic E-state index is 0.983. The maximum Gasteiger partial charge on any atom is 0.0527 e. The van der Waals surface area contributed by atoms with Gasteiger partial charge in [0.05, 0.1) is 12.1 Å². The van der Waals surface area contributed by atoms with Crippen molar-refractivity contribution in [3.63, 3.8) is 0 Å². The van der Waals surface area contributed by atoms with Gasteiger partial charge in [0.25, 0.3) is 0 Å². The smallest absolute Gasteiger partial charge is 0.0527 e. The Morgan fingerprint density at radius 3 is 2.90 bits per heavy atom. The Morgan fingerprint density at radius 2 is 2.50 bits per heavy atom. The fourth-order valence-electron chi connectivity index (χ4n) is 0.327. The van der Waals surface area contributed by atoms with Crippen LogP contribution < -0.4 is 0 Å². The van der Waals surface area contributed by atoms with Crippen molar-refractivity contribution in [2.75, 3.05) is 0 Å². The van der Waals surface area contributed by atoms with Crippen LogP contribution in [0.3, 0.4) is 0 Å². The van der Waals surface area contributed by atoms with Crippen LogP contribution in [0.5, 0.6) is 0 Å². The lowest BCUT2D eigenvalue weighted by Gasteiger charge is -2.06. The second-order valence-corrected chi connectivity index (χ2v) is 2.03. The van der Waals surface area contributed by atoms with E-state index in [1.165, 1.54) is 0 Å². The van der Waals surface area contributed by atoms with Crippen LogP contribution >= 0.6 is 12.1 Å². The van der Waals surface area contributed by atoms with E-state index >= 15 is 0 Å². The van der Waals surface area contributed by atoms with Crippen molar-refractivity contribution in [1.82, 2.24) is 4.31 Å². The highest BCUT2D eigenvalue weighted by Crippen LogP contribution is 2.11. The summed E-state index contributed by atoms with van der Waals surface area (Å²) in [6.07, 6.45) is 5.12. The van der Waals surface area contributed by atoms with Crippen molar-refractivity contribution < 1.29 is 0 Å². The number of hydrogen-bond donors (Lipinski definition) is 0. The molecule has 0 saturated carbocycles. The molecule has 0 bridgehead atoms. The molecule has 0 aromatic carbocycles. The second kappa shape index (κ2) is 6.07. The normalized spacial score (nSPS) is 8.90. The molecular weight excluding hydrogens is 148 g/mol. The molecule has 54 valence electrons. The molecular formula is C5H8N4S. The molecule has 0 spiro atoms. The predicted octanol–water partition coefficient (Wildman–Crippen LogP) is 2.84. The van der Waals surface area contributed by atoms with Crippen molar-refractivity contribution in [3.8, 4) is 0 Å². The summed E-state index contributed by atoms with van der Waals surface area (Å²) in [5.41, 5.74) is 7.93. The van der Waals surface area contributed by atoms with Gasteiger partial charge in [-0.15, -0.1) is 0 Å². The third kappa shape index (κ3) is 3.88. The molecule has 4 nitrogen and oxygen atoms in total. The van der Waals surface area contributed by atoms with Crippen LogP contribution in [0.4, 0.5) is 0 Å². The molecule has 0 atom stereocenters. The largest absolute Gasteiger partial charge is 0.294 e. The average Bonchev–Trinajstić information content (AvgIpc) is 1.98. The first-order valence-corrected chi connectivity index (χ1v) is 3.33. The van der Waals surface area contributed by atoms with Crippen molar-refractivity contribution in [2.24, 2.45) is 4.52 Å². The van der Waals surface area contributed by atoms with Gasteiger partial charge in [-0.3, -0.25) is 4.31 Å². The Labute approximate surface area is 64.1 Å². The second-order valence-electron chi connectivity index (χ2n) is 1.28. The summed E-state index contributed by atoms with van der Waals surface area (Å²) in [5.74, 6) is 0. The Kier molecular flexibility index (Phi) is 5.42.